The van der Waals surface area contributed by atoms with Gasteiger partial charge in [0, 0.05) is 10.8 Å². The van der Waals surface area contributed by atoms with Crippen molar-refractivity contribution in [2.75, 3.05) is 18.6 Å². The number of aromatic nitrogens is 1. The summed E-state index contributed by atoms with van der Waals surface area (Å²) in [5, 5.41) is 0.0201. The molecular formula is C26H26N2O5S2. The van der Waals surface area contributed by atoms with Gasteiger partial charge in [-0.3, -0.25) is 14.4 Å². The van der Waals surface area contributed by atoms with Crippen LogP contribution in [-0.2, 0) is 9.59 Å². The standard InChI is InChI=1S/C26H26N2O5S2/c1-13(2)12-33-17-10-7-15(11-18(17)32-4)19-20-22(34-23-21(19)35-26(31)27-23)25(30)28(24(20)29)16-8-5-14(3)6-9-16/h5-11,13,19-20,22H,12H2,1-4H3,(H,27,31)/t19-,20-,22+/m0/s1. The van der Waals surface area contributed by atoms with Gasteiger partial charge < -0.3 is 14.5 Å². The van der Waals surface area contributed by atoms with E-state index >= 15 is 0 Å². The average molecular weight is 511 g/mol. The Morgan fingerprint density at radius 3 is 2.46 bits per heavy atom. The Morgan fingerprint density at radius 2 is 1.77 bits per heavy atom. The van der Waals surface area contributed by atoms with E-state index in [0.29, 0.717) is 34.7 Å². The lowest BCUT2D eigenvalue weighted by atomic mass is 9.83. The number of imide groups is 1. The van der Waals surface area contributed by atoms with Gasteiger partial charge in [-0.25, -0.2) is 4.90 Å². The van der Waals surface area contributed by atoms with E-state index in [1.54, 1.807) is 19.2 Å². The smallest absolute Gasteiger partial charge is 0.305 e. The SMILES string of the molecule is COc1cc([C@@H]2c3sc(=O)[nH]c3S[C@H]3C(=O)N(c4ccc(C)cc4)C(=O)[C@@H]23)ccc1OCC(C)C. The fourth-order valence-corrected chi connectivity index (χ4v) is 7.09. The summed E-state index contributed by atoms with van der Waals surface area (Å²) in [5.74, 6) is -0.101. The molecule has 0 aliphatic carbocycles. The van der Waals surface area contributed by atoms with Crippen LogP contribution < -0.4 is 19.2 Å². The van der Waals surface area contributed by atoms with Crippen molar-refractivity contribution in [1.82, 2.24) is 4.98 Å². The van der Waals surface area contributed by atoms with E-state index < -0.39 is 17.1 Å². The van der Waals surface area contributed by atoms with Gasteiger partial charge in [0.25, 0.3) is 0 Å². The molecule has 2 aromatic carbocycles. The molecule has 2 aliphatic heterocycles. The lowest BCUT2D eigenvalue weighted by Gasteiger charge is -2.30. The Bertz CT molecular complexity index is 1340. The van der Waals surface area contributed by atoms with Gasteiger partial charge in [0.2, 0.25) is 11.8 Å². The highest BCUT2D eigenvalue weighted by Crippen LogP contribution is 2.53. The third-order valence-corrected chi connectivity index (χ3v) is 8.64. The van der Waals surface area contributed by atoms with Crippen molar-refractivity contribution in [3.8, 4) is 11.5 Å². The zero-order valence-electron chi connectivity index (χ0n) is 19.9. The van der Waals surface area contributed by atoms with E-state index in [1.807, 2.05) is 37.3 Å². The summed E-state index contributed by atoms with van der Waals surface area (Å²) in [5.41, 5.74) is 2.41. The Kier molecular flexibility index (Phi) is 6.23. The van der Waals surface area contributed by atoms with Crippen molar-refractivity contribution in [3.63, 3.8) is 0 Å². The number of carbonyl (C=O) groups is 2. The van der Waals surface area contributed by atoms with Crippen molar-refractivity contribution in [2.24, 2.45) is 11.8 Å². The Balaban J connectivity index is 1.59. The molecule has 5 rings (SSSR count). The predicted octanol–water partition coefficient (Wildman–Crippen LogP) is 4.58. The maximum Gasteiger partial charge on any atom is 0.305 e. The minimum Gasteiger partial charge on any atom is -0.493 e. The molecule has 9 heteroatoms. The Labute approximate surface area is 211 Å². The highest BCUT2D eigenvalue weighted by atomic mass is 32.2. The number of rotatable bonds is 6. The zero-order chi connectivity index (χ0) is 24.9. The number of fused-ring (bicyclic) bond motifs is 2. The van der Waals surface area contributed by atoms with Crippen LogP contribution >= 0.6 is 23.1 Å². The summed E-state index contributed by atoms with van der Waals surface area (Å²) in [6.45, 7) is 6.64. The molecule has 182 valence electrons. The number of amides is 2. The molecular weight excluding hydrogens is 484 g/mol. The number of nitrogens with one attached hydrogen (secondary N) is 1. The maximum atomic E-state index is 13.8. The number of ether oxygens (including phenoxy) is 2. The van der Waals surface area contributed by atoms with E-state index in [2.05, 4.69) is 18.8 Å². The van der Waals surface area contributed by atoms with Crippen LogP contribution in [0.4, 0.5) is 5.69 Å². The lowest BCUT2D eigenvalue weighted by molar-refractivity contribution is -0.122. The molecule has 0 bridgehead atoms. The summed E-state index contributed by atoms with van der Waals surface area (Å²) in [4.78, 5) is 44.3. The van der Waals surface area contributed by atoms with Gasteiger partial charge in [0.15, 0.2) is 11.5 Å². The summed E-state index contributed by atoms with van der Waals surface area (Å²) in [7, 11) is 1.57. The molecule has 0 spiro atoms. The fourth-order valence-electron chi connectivity index (χ4n) is 4.58. The van der Waals surface area contributed by atoms with Crippen molar-refractivity contribution in [3.05, 3.63) is 68.1 Å². The van der Waals surface area contributed by atoms with Crippen LogP contribution in [0.1, 0.15) is 35.8 Å². The number of thioether (sulfide) groups is 1. The van der Waals surface area contributed by atoms with Crippen LogP contribution in [0.2, 0.25) is 0 Å². The van der Waals surface area contributed by atoms with Gasteiger partial charge in [-0.2, -0.15) is 0 Å². The van der Waals surface area contributed by atoms with Gasteiger partial charge in [-0.15, -0.1) is 0 Å². The van der Waals surface area contributed by atoms with Crippen molar-refractivity contribution < 1.29 is 19.1 Å². The van der Waals surface area contributed by atoms with Crippen molar-refractivity contribution in [2.45, 2.75) is 37.0 Å². The number of aromatic amines is 1. The minimum atomic E-state index is -0.639. The third-order valence-electron chi connectivity index (χ3n) is 6.24. The number of nitrogens with zero attached hydrogens (tertiary/aromatic N) is 1. The van der Waals surface area contributed by atoms with Crippen molar-refractivity contribution >= 4 is 40.6 Å². The molecule has 2 amide bonds. The largest absolute Gasteiger partial charge is 0.493 e. The lowest BCUT2D eigenvalue weighted by Crippen LogP contribution is -2.32. The summed E-state index contributed by atoms with van der Waals surface area (Å²) in [6, 6.07) is 13.0. The average Bonchev–Trinajstić information content (AvgIpc) is 3.32. The molecule has 1 N–H and O–H groups in total. The van der Waals surface area contributed by atoms with Crippen LogP contribution in [-0.4, -0.2) is 35.8 Å². The summed E-state index contributed by atoms with van der Waals surface area (Å²) in [6.07, 6.45) is 0. The van der Waals surface area contributed by atoms with Crippen LogP contribution in [0.5, 0.6) is 11.5 Å². The van der Waals surface area contributed by atoms with Gasteiger partial charge in [0.1, 0.15) is 5.25 Å². The number of thiazole rings is 1. The molecule has 1 aromatic heterocycles. The fraction of sp³-hybridized carbons (Fsp3) is 0.346. The second kappa shape index (κ2) is 9.20. The first-order valence-electron chi connectivity index (χ1n) is 11.4. The van der Waals surface area contributed by atoms with Crippen molar-refractivity contribution in [1.29, 1.82) is 0 Å². The molecule has 2 aliphatic rings. The molecule has 7 nitrogen and oxygen atoms in total. The van der Waals surface area contributed by atoms with E-state index in [4.69, 9.17) is 9.47 Å². The van der Waals surface area contributed by atoms with E-state index in [1.165, 1.54) is 16.7 Å². The summed E-state index contributed by atoms with van der Waals surface area (Å²) < 4.78 is 11.5. The van der Waals surface area contributed by atoms with Crippen LogP contribution in [0.25, 0.3) is 0 Å². The maximum absolute atomic E-state index is 13.8. The first-order valence-corrected chi connectivity index (χ1v) is 13.1. The molecule has 3 aromatic rings. The second-order valence-corrected chi connectivity index (χ2v) is 11.4. The van der Waals surface area contributed by atoms with E-state index in [0.717, 1.165) is 27.3 Å². The topological polar surface area (TPSA) is 88.7 Å². The second-order valence-electron chi connectivity index (χ2n) is 9.21. The minimum absolute atomic E-state index is 0.202. The molecule has 35 heavy (non-hydrogen) atoms. The van der Waals surface area contributed by atoms with Crippen LogP contribution in [0, 0.1) is 18.8 Å². The van der Waals surface area contributed by atoms with Gasteiger partial charge in [-0.1, -0.05) is 60.7 Å². The number of anilines is 1. The number of methoxy groups -OCH3 is 1. The van der Waals surface area contributed by atoms with Gasteiger partial charge >= 0.3 is 4.87 Å². The summed E-state index contributed by atoms with van der Waals surface area (Å²) >= 11 is 2.36. The molecule has 1 fully saturated rings. The Hall–Kier alpha value is -3.04. The zero-order valence-corrected chi connectivity index (χ0v) is 21.5. The van der Waals surface area contributed by atoms with Gasteiger partial charge in [0.05, 0.1) is 30.3 Å². The van der Waals surface area contributed by atoms with E-state index in [-0.39, 0.29) is 16.7 Å². The van der Waals surface area contributed by atoms with E-state index in [9.17, 15) is 14.4 Å². The quantitative estimate of drug-likeness (QED) is 0.488. The van der Waals surface area contributed by atoms with Crippen LogP contribution in [0.15, 0.2) is 52.3 Å². The normalized spacial score (nSPS) is 21.3. The number of benzene rings is 2. The molecule has 0 saturated carbocycles. The molecule has 0 radical (unpaired) electrons. The molecule has 3 heterocycles. The number of carbonyl (C=O) groups excluding carboxylic acids is 2. The van der Waals surface area contributed by atoms with Gasteiger partial charge in [-0.05, 0) is 42.7 Å². The monoisotopic (exact) mass is 510 g/mol. The molecule has 3 atom stereocenters. The third kappa shape index (κ3) is 4.16. The highest BCUT2D eigenvalue weighted by Gasteiger charge is 2.56. The number of H-pyrrole nitrogens is 1. The highest BCUT2D eigenvalue weighted by molar-refractivity contribution is 8.00. The number of aryl methyl sites for hydroxylation is 1. The Morgan fingerprint density at radius 1 is 1.03 bits per heavy atom. The number of hydrogen-bond acceptors (Lipinski definition) is 7. The first kappa shape index (κ1) is 23.7. The molecule has 0 unspecified atom stereocenters. The first-order chi connectivity index (χ1) is 16.8. The predicted molar refractivity (Wildman–Crippen MR) is 137 cm³/mol. The molecule has 1 saturated heterocycles. The number of hydrogen-bond donors (Lipinski definition) is 1. The van der Waals surface area contributed by atoms with Crippen LogP contribution in [0.3, 0.4) is 0 Å².